The number of nitrogens with zero attached hydrogens (tertiary/aromatic N) is 4. The molecule has 0 saturated heterocycles. The zero-order valence-corrected chi connectivity index (χ0v) is 12.7. The summed E-state index contributed by atoms with van der Waals surface area (Å²) in [7, 11) is 4.51. The van der Waals surface area contributed by atoms with Gasteiger partial charge < -0.3 is 15.2 Å². The molecule has 2 N–H and O–H groups in total. The van der Waals surface area contributed by atoms with Gasteiger partial charge in [0.1, 0.15) is 5.69 Å². The summed E-state index contributed by atoms with van der Waals surface area (Å²) in [6.07, 6.45) is 1.43. The fourth-order valence-electron chi connectivity index (χ4n) is 1.90. The summed E-state index contributed by atoms with van der Waals surface area (Å²) in [5, 5.41) is 1.87. The number of nitrogens with two attached hydrogens (primary N) is 1. The van der Waals surface area contributed by atoms with Crippen molar-refractivity contribution in [2.45, 2.75) is 6.54 Å². The average molecular weight is 309 g/mol. The molecule has 0 fully saturated rings. The van der Waals surface area contributed by atoms with Crippen LogP contribution in [0, 0.1) is 0 Å². The molecule has 21 heavy (non-hydrogen) atoms. The van der Waals surface area contributed by atoms with Crippen molar-refractivity contribution in [2.24, 2.45) is 14.1 Å². The summed E-state index contributed by atoms with van der Waals surface area (Å²) in [5.74, 6) is -0.334. The lowest BCUT2D eigenvalue weighted by molar-refractivity contribution is 0.0779. The maximum Gasteiger partial charge on any atom is 0.330 e. The zero-order valence-electron chi connectivity index (χ0n) is 11.9. The Hall–Kier alpha value is -2.42. The molecule has 2 aromatic heterocycles. The first-order valence-electron chi connectivity index (χ1n) is 6.03. The SMILES string of the molecule is CN(Cc1cn(C)c(=O)n(C)c1=O)C(=O)c1csc(N)n1. The van der Waals surface area contributed by atoms with Gasteiger partial charge in [0.25, 0.3) is 11.5 Å². The molecular weight excluding hydrogens is 294 g/mol. The molecule has 0 aromatic carbocycles. The van der Waals surface area contributed by atoms with E-state index < -0.39 is 11.2 Å². The lowest BCUT2D eigenvalue weighted by Crippen LogP contribution is -2.40. The van der Waals surface area contributed by atoms with Crippen LogP contribution >= 0.6 is 11.3 Å². The van der Waals surface area contributed by atoms with Crippen molar-refractivity contribution in [1.29, 1.82) is 0 Å². The molecule has 1 amide bonds. The summed E-state index contributed by atoms with van der Waals surface area (Å²) in [5.41, 5.74) is 5.25. The predicted molar refractivity (Wildman–Crippen MR) is 79.2 cm³/mol. The Bertz CT molecular complexity index is 804. The monoisotopic (exact) mass is 309 g/mol. The Morgan fingerprint density at radius 3 is 2.67 bits per heavy atom. The first-order chi connectivity index (χ1) is 9.81. The number of aromatic nitrogens is 3. The van der Waals surface area contributed by atoms with E-state index >= 15 is 0 Å². The van der Waals surface area contributed by atoms with Crippen LogP contribution in [0.15, 0.2) is 21.2 Å². The van der Waals surface area contributed by atoms with Crippen molar-refractivity contribution in [2.75, 3.05) is 12.8 Å². The number of thiazole rings is 1. The van der Waals surface area contributed by atoms with Gasteiger partial charge in [-0.15, -0.1) is 11.3 Å². The summed E-state index contributed by atoms with van der Waals surface area (Å²) < 4.78 is 2.31. The quantitative estimate of drug-likeness (QED) is 0.815. The normalized spacial score (nSPS) is 10.6. The molecule has 0 saturated carbocycles. The third kappa shape index (κ3) is 2.87. The van der Waals surface area contributed by atoms with Gasteiger partial charge in [-0.05, 0) is 0 Å². The van der Waals surface area contributed by atoms with Gasteiger partial charge in [-0.2, -0.15) is 0 Å². The van der Waals surface area contributed by atoms with Crippen LogP contribution in [0.1, 0.15) is 16.1 Å². The summed E-state index contributed by atoms with van der Waals surface area (Å²) in [4.78, 5) is 41.0. The molecule has 112 valence electrons. The van der Waals surface area contributed by atoms with Crippen LogP contribution < -0.4 is 17.0 Å². The number of hydrogen-bond acceptors (Lipinski definition) is 6. The van der Waals surface area contributed by atoms with E-state index in [1.165, 1.54) is 34.0 Å². The van der Waals surface area contributed by atoms with Crippen molar-refractivity contribution < 1.29 is 4.79 Å². The number of carbonyl (C=O) groups is 1. The van der Waals surface area contributed by atoms with Gasteiger partial charge in [0.2, 0.25) is 0 Å². The molecule has 0 spiro atoms. The number of nitrogen functional groups attached to an aromatic ring is 1. The summed E-state index contributed by atoms with van der Waals surface area (Å²) >= 11 is 1.17. The molecule has 2 aromatic rings. The largest absolute Gasteiger partial charge is 0.375 e. The highest BCUT2D eigenvalue weighted by atomic mass is 32.1. The number of aryl methyl sites for hydroxylation is 1. The number of amides is 1. The first kappa shape index (κ1) is 15.0. The molecule has 2 heterocycles. The van der Waals surface area contributed by atoms with Gasteiger partial charge in [-0.1, -0.05) is 0 Å². The van der Waals surface area contributed by atoms with Crippen LogP contribution in [0.4, 0.5) is 5.13 Å². The zero-order chi connectivity index (χ0) is 15.7. The Morgan fingerprint density at radius 2 is 2.10 bits per heavy atom. The second-order valence-electron chi connectivity index (χ2n) is 4.64. The second-order valence-corrected chi connectivity index (χ2v) is 5.53. The van der Waals surface area contributed by atoms with Gasteiger partial charge in [0, 0.05) is 32.7 Å². The molecule has 2 rings (SSSR count). The topological polar surface area (TPSA) is 103 Å². The van der Waals surface area contributed by atoms with Crippen LogP contribution in [0.5, 0.6) is 0 Å². The number of anilines is 1. The fraction of sp³-hybridized carbons (Fsp3) is 0.333. The molecule has 0 atom stereocenters. The molecule has 0 aliphatic heterocycles. The highest BCUT2D eigenvalue weighted by Crippen LogP contribution is 2.13. The predicted octanol–water partition coefficient (Wildman–Crippen LogP) is -0.605. The van der Waals surface area contributed by atoms with Gasteiger partial charge in [-0.3, -0.25) is 14.2 Å². The number of carbonyl (C=O) groups excluding carboxylic acids is 1. The summed E-state index contributed by atoms with van der Waals surface area (Å²) in [6, 6.07) is 0. The lowest BCUT2D eigenvalue weighted by Gasteiger charge is -2.16. The smallest absolute Gasteiger partial charge is 0.330 e. The van der Waals surface area contributed by atoms with Crippen LogP contribution in [0.25, 0.3) is 0 Å². The van der Waals surface area contributed by atoms with Crippen LogP contribution in [0.2, 0.25) is 0 Å². The van der Waals surface area contributed by atoms with E-state index in [0.29, 0.717) is 10.7 Å². The van der Waals surface area contributed by atoms with Crippen molar-refractivity contribution in [1.82, 2.24) is 19.0 Å². The molecule has 0 bridgehead atoms. The molecule has 0 radical (unpaired) electrons. The Morgan fingerprint density at radius 1 is 1.43 bits per heavy atom. The third-order valence-corrected chi connectivity index (χ3v) is 3.69. The van der Waals surface area contributed by atoms with E-state index in [4.69, 9.17) is 5.73 Å². The van der Waals surface area contributed by atoms with Gasteiger partial charge >= 0.3 is 5.69 Å². The highest BCUT2D eigenvalue weighted by Gasteiger charge is 2.17. The minimum absolute atomic E-state index is 0.0804. The summed E-state index contributed by atoms with van der Waals surface area (Å²) in [6.45, 7) is 0.0804. The molecular formula is C12H15N5O3S. The molecule has 0 unspecified atom stereocenters. The van der Waals surface area contributed by atoms with Gasteiger partial charge in [-0.25, -0.2) is 9.78 Å². The maximum absolute atomic E-state index is 12.1. The van der Waals surface area contributed by atoms with Crippen molar-refractivity contribution in [3.8, 4) is 0 Å². The number of rotatable bonds is 3. The second kappa shape index (κ2) is 5.52. The minimum atomic E-state index is -0.421. The highest BCUT2D eigenvalue weighted by molar-refractivity contribution is 7.13. The standard InChI is InChI=1S/C12H15N5O3S/c1-15(10(19)8-6-21-11(13)14-8)4-7-5-16(2)12(20)17(3)9(7)18/h5-6H,4H2,1-3H3,(H2,13,14). The van der Waals surface area contributed by atoms with Crippen molar-refractivity contribution in [3.05, 3.63) is 43.7 Å². The lowest BCUT2D eigenvalue weighted by atomic mass is 10.3. The molecule has 0 aliphatic rings. The van der Waals surface area contributed by atoms with Crippen LogP contribution in [-0.2, 0) is 20.6 Å². The van der Waals surface area contributed by atoms with E-state index in [2.05, 4.69) is 4.98 Å². The molecule has 8 nitrogen and oxygen atoms in total. The first-order valence-corrected chi connectivity index (χ1v) is 6.91. The van der Waals surface area contributed by atoms with Crippen molar-refractivity contribution >= 4 is 22.4 Å². The fourth-order valence-corrected chi connectivity index (χ4v) is 2.44. The Kier molecular flexibility index (Phi) is 3.94. The Balaban J connectivity index is 2.28. The van der Waals surface area contributed by atoms with Gasteiger partial charge in [0.05, 0.1) is 12.1 Å². The third-order valence-electron chi connectivity index (χ3n) is 3.01. The van der Waals surface area contributed by atoms with E-state index in [0.717, 1.165) is 4.57 Å². The maximum atomic E-state index is 12.1. The molecule has 0 aliphatic carbocycles. The average Bonchev–Trinajstić information content (AvgIpc) is 2.88. The van der Waals surface area contributed by atoms with E-state index in [1.54, 1.807) is 19.5 Å². The van der Waals surface area contributed by atoms with E-state index in [-0.39, 0.29) is 18.1 Å². The van der Waals surface area contributed by atoms with Gasteiger partial charge in [0.15, 0.2) is 5.13 Å². The van der Waals surface area contributed by atoms with Crippen molar-refractivity contribution in [3.63, 3.8) is 0 Å². The van der Waals surface area contributed by atoms with E-state index in [1.807, 2.05) is 0 Å². The minimum Gasteiger partial charge on any atom is -0.375 e. The van der Waals surface area contributed by atoms with E-state index in [9.17, 15) is 14.4 Å². The van der Waals surface area contributed by atoms with Crippen LogP contribution in [-0.4, -0.2) is 32.0 Å². The molecule has 9 heteroatoms. The Labute approximate surface area is 124 Å². The number of hydrogen-bond donors (Lipinski definition) is 1. The van der Waals surface area contributed by atoms with Crippen LogP contribution in [0.3, 0.4) is 0 Å².